The van der Waals surface area contributed by atoms with Crippen molar-refractivity contribution in [3.63, 3.8) is 0 Å². The van der Waals surface area contributed by atoms with Gasteiger partial charge in [0.1, 0.15) is 5.82 Å². The number of hydrogen-bond donors (Lipinski definition) is 0. The normalized spacial score (nSPS) is 11.0. The average Bonchev–Trinajstić information content (AvgIpc) is 2.56. The van der Waals surface area contributed by atoms with Crippen molar-refractivity contribution < 1.29 is 13.9 Å². The molecule has 2 aromatic carbocycles. The minimum absolute atomic E-state index is 0.182. The highest BCUT2D eigenvalue weighted by Crippen LogP contribution is 2.30. The Morgan fingerprint density at radius 1 is 0.826 bits per heavy atom. The Morgan fingerprint density at radius 2 is 1.48 bits per heavy atom. The molecule has 0 amide bonds. The number of methoxy groups -OCH3 is 2. The molecule has 2 unspecified atom stereocenters. The molecule has 2 aromatic rings. The highest BCUT2D eigenvalue weighted by Gasteiger charge is 2.12. The van der Waals surface area contributed by atoms with E-state index in [9.17, 15) is 4.39 Å². The van der Waals surface area contributed by atoms with Crippen LogP contribution >= 0.6 is 18.5 Å². The van der Waals surface area contributed by atoms with Crippen molar-refractivity contribution in [1.29, 1.82) is 0 Å². The van der Waals surface area contributed by atoms with E-state index in [0.29, 0.717) is 24.9 Å². The molecule has 0 bridgehead atoms. The first-order valence-electron chi connectivity index (χ1n) is 7.46. The molecule has 0 saturated heterocycles. The van der Waals surface area contributed by atoms with Crippen molar-refractivity contribution in [2.45, 2.75) is 25.5 Å². The topological polar surface area (TPSA) is 18.5 Å². The summed E-state index contributed by atoms with van der Waals surface area (Å²) < 4.78 is 24.9. The van der Waals surface area contributed by atoms with Gasteiger partial charge in [-0.1, -0.05) is 12.1 Å². The fraction of sp³-hybridized carbons (Fsp3) is 0.333. The summed E-state index contributed by atoms with van der Waals surface area (Å²) in [6.45, 7) is 1.00. The lowest BCUT2D eigenvalue weighted by Crippen LogP contribution is -1.99. The molecular formula is C18H23FO2P2. The number of ether oxygens (including phenoxy) is 2. The van der Waals surface area contributed by atoms with Crippen LogP contribution in [0.15, 0.2) is 30.3 Å². The van der Waals surface area contributed by atoms with Crippen LogP contribution in [-0.4, -0.2) is 14.2 Å². The van der Waals surface area contributed by atoms with Gasteiger partial charge in [-0.05, 0) is 63.9 Å². The van der Waals surface area contributed by atoms with Crippen molar-refractivity contribution in [3.05, 3.63) is 58.4 Å². The highest BCUT2D eigenvalue weighted by atomic mass is 31.0. The van der Waals surface area contributed by atoms with Crippen LogP contribution in [0.5, 0.6) is 0 Å². The molecule has 0 fully saturated rings. The van der Waals surface area contributed by atoms with E-state index >= 15 is 0 Å². The van der Waals surface area contributed by atoms with E-state index in [1.807, 2.05) is 12.1 Å². The monoisotopic (exact) mass is 352 g/mol. The van der Waals surface area contributed by atoms with E-state index < -0.39 is 0 Å². The predicted molar refractivity (Wildman–Crippen MR) is 100 cm³/mol. The van der Waals surface area contributed by atoms with Crippen LogP contribution < -0.4 is 0 Å². The number of rotatable bonds is 7. The quantitative estimate of drug-likeness (QED) is 0.682. The van der Waals surface area contributed by atoms with Gasteiger partial charge in [0.15, 0.2) is 0 Å². The fourth-order valence-corrected chi connectivity index (χ4v) is 3.36. The second-order valence-corrected chi connectivity index (χ2v) is 6.18. The van der Waals surface area contributed by atoms with Crippen molar-refractivity contribution in [1.82, 2.24) is 0 Å². The first-order valence-corrected chi connectivity index (χ1v) is 9.09. The van der Waals surface area contributed by atoms with Crippen LogP contribution in [0, 0.1) is 5.82 Å². The van der Waals surface area contributed by atoms with E-state index in [1.165, 1.54) is 5.56 Å². The van der Waals surface area contributed by atoms with Gasteiger partial charge in [-0.15, -0.1) is 18.5 Å². The minimum atomic E-state index is -0.182. The first-order chi connectivity index (χ1) is 11.1. The van der Waals surface area contributed by atoms with E-state index in [-0.39, 0.29) is 5.82 Å². The van der Waals surface area contributed by atoms with Crippen LogP contribution in [0.2, 0.25) is 0 Å². The lowest BCUT2D eigenvalue weighted by Gasteiger charge is -2.15. The molecule has 0 aliphatic heterocycles. The lowest BCUT2D eigenvalue weighted by molar-refractivity contribution is 0.184. The smallest absolute Gasteiger partial charge is 0.127 e. The van der Waals surface area contributed by atoms with Gasteiger partial charge in [-0.3, -0.25) is 0 Å². The highest BCUT2D eigenvalue weighted by molar-refractivity contribution is 7.15. The van der Waals surface area contributed by atoms with Crippen LogP contribution in [0.4, 0.5) is 4.39 Å². The molecule has 0 N–H and O–H groups in total. The predicted octanol–water partition coefficient (Wildman–Crippen LogP) is 4.54. The summed E-state index contributed by atoms with van der Waals surface area (Å²) in [6, 6.07) is 9.69. The van der Waals surface area contributed by atoms with E-state index in [2.05, 4.69) is 30.6 Å². The molecule has 0 radical (unpaired) electrons. The summed E-state index contributed by atoms with van der Waals surface area (Å²) in [5.41, 5.74) is 5.88. The van der Waals surface area contributed by atoms with Crippen molar-refractivity contribution in [3.8, 4) is 11.1 Å². The van der Waals surface area contributed by atoms with E-state index in [0.717, 1.165) is 28.4 Å². The maximum Gasteiger partial charge on any atom is 0.127 e. The Hall–Kier alpha value is -0.850. The molecule has 2 atom stereocenters. The van der Waals surface area contributed by atoms with Gasteiger partial charge in [0.25, 0.3) is 0 Å². The molecule has 0 saturated carbocycles. The molecule has 0 spiro atoms. The summed E-state index contributed by atoms with van der Waals surface area (Å²) >= 11 is 0. The molecule has 2 rings (SSSR count). The molecule has 0 aliphatic carbocycles. The largest absolute Gasteiger partial charge is 0.380 e. The second kappa shape index (κ2) is 8.85. The van der Waals surface area contributed by atoms with Gasteiger partial charge < -0.3 is 9.47 Å². The third kappa shape index (κ3) is 4.37. The molecule has 124 valence electrons. The number of benzene rings is 2. The van der Waals surface area contributed by atoms with Crippen LogP contribution in [-0.2, 0) is 35.0 Å². The van der Waals surface area contributed by atoms with Gasteiger partial charge >= 0.3 is 0 Å². The summed E-state index contributed by atoms with van der Waals surface area (Å²) in [4.78, 5) is 0. The SMILES string of the molecule is COCc1cc(-c2cc(F)c(CP)cc2COC)ccc1CP. The Balaban J connectivity index is 2.56. The molecule has 5 heteroatoms. The van der Waals surface area contributed by atoms with Crippen LogP contribution in [0.1, 0.15) is 22.3 Å². The molecular weight excluding hydrogens is 329 g/mol. The van der Waals surface area contributed by atoms with Gasteiger partial charge in [-0.25, -0.2) is 4.39 Å². The standard InChI is InChI=1S/C18H23FO2P2/c1-20-8-14-5-12(3-4-13(14)10-22)17-7-18(19)16(11-23)6-15(17)9-21-2/h3-7H,8-11,22-23H2,1-2H3. The Labute approximate surface area is 142 Å². The fourth-order valence-electron chi connectivity index (χ4n) is 2.65. The Bertz CT molecular complexity index is 674. The molecule has 23 heavy (non-hydrogen) atoms. The summed E-state index contributed by atoms with van der Waals surface area (Å²) in [7, 11) is 8.63. The third-order valence-corrected chi connectivity index (χ3v) is 4.71. The van der Waals surface area contributed by atoms with Crippen molar-refractivity contribution in [2.75, 3.05) is 14.2 Å². The zero-order valence-corrected chi connectivity index (χ0v) is 15.9. The molecule has 2 nitrogen and oxygen atoms in total. The molecule has 0 aliphatic rings. The Kier molecular flexibility index (Phi) is 7.11. The summed E-state index contributed by atoms with van der Waals surface area (Å²) in [5, 5.41) is 0. The van der Waals surface area contributed by atoms with Gasteiger partial charge in [-0.2, -0.15) is 0 Å². The maximum atomic E-state index is 14.3. The van der Waals surface area contributed by atoms with E-state index in [4.69, 9.17) is 9.47 Å². The lowest BCUT2D eigenvalue weighted by atomic mass is 9.95. The number of halogens is 1. The Morgan fingerprint density at radius 3 is 2.09 bits per heavy atom. The van der Waals surface area contributed by atoms with Crippen molar-refractivity contribution in [2.24, 2.45) is 0 Å². The van der Waals surface area contributed by atoms with Gasteiger partial charge in [0, 0.05) is 14.2 Å². The molecule has 0 aromatic heterocycles. The average molecular weight is 352 g/mol. The van der Waals surface area contributed by atoms with E-state index in [1.54, 1.807) is 20.3 Å². The first kappa shape index (κ1) is 18.5. The summed E-state index contributed by atoms with van der Waals surface area (Å²) in [5.74, 6) is -0.182. The zero-order valence-electron chi connectivity index (χ0n) is 13.6. The second-order valence-electron chi connectivity index (χ2n) is 5.36. The zero-order chi connectivity index (χ0) is 16.8. The minimum Gasteiger partial charge on any atom is -0.380 e. The molecule has 0 heterocycles. The van der Waals surface area contributed by atoms with Gasteiger partial charge in [0.05, 0.1) is 13.2 Å². The summed E-state index contributed by atoms with van der Waals surface area (Å²) in [6.07, 6.45) is 1.45. The van der Waals surface area contributed by atoms with Gasteiger partial charge in [0.2, 0.25) is 0 Å². The van der Waals surface area contributed by atoms with Crippen molar-refractivity contribution >= 4 is 18.5 Å². The maximum absolute atomic E-state index is 14.3. The van der Waals surface area contributed by atoms with Crippen LogP contribution in [0.3, 0.4) is 0 Å². The number of hydrogen-bond acceptors (Lipinski definition) is 2. The van der Waals surface area contributed by atoms with Crippen LogP contribution in [0.25, 0.3) is 11.1 Å². The third-order valence-electron chi connectivity index (χ3n) is 3.83.